The van der Waals surface area contributed by atoms with Crippen LogP contribution in [0.3, 0.4) is 0 Å². The zero-order valence-corrected chi connectivity index (χ0v) is 16.8. The summed E-state index contributed by atoms with van der Waals surface area (Å²) in [5.74, 6) is 1.49. The SMILES string of the molecule is CN1CCN(C(=O)CCCc2ccc3c(c2)OCCO3)CC1c1ccccc1F. The van der Waals surface area contributed by atoms with Gasteiger partial charge in [-0.15, -0.1) is 0 Å². The third kappa shape index (κ3) is 4.53. The molecule has 6 heteroatoms. The Kier molecular flexibility index (Phi) is 6.00. The predicted molar refractivity (Wildman–Crippen MR) is 109 cm³/mol. The van der Waals surface area contributed by atoms with Crippen molar-refractivity contribution in [2.45, 2.75) is 25.3 Å². The molecule has 1 atom stereocenters. The van der Waals surface area contributed by atoms with Gasteiger partial charge in [-0.1, -0.05) is 24.3 Å². The maximum absolute atomic E-state index is 14.2. The van der Waals surface area contributed by atoms with Crippen LogP contribution in [-0.4, -0.2) is 55.6 Å². The van der Waals surface area contributed by atoms with Gasteiger partial charge in [0, 0.05) is 31.6 Å². The van der Waals surface area contributed by atoms with Crippen LogP contribution < -0.4 is 9.47 Å². The fourth-order valence-electron chi connectivity index (χ4n) is 4.03. The quantitative estimate of drug-likeness (QED) is 0.774. The van der Waals surface area contributed by atoms with Gasteiger partial charge in [0.15, 0.2) is 11.5 Å². The molecule has 2 aromatic rings. The summed E-state index contributed by atoms with van der Waals surface area (Å²) in [6.45, 7) is 3.11. The number of amides is 1. The first-order valence-electron chi connectivity index (χ1n) is 10.2. The number of hydrogen-bond donors (Lipinski definition) is 0. The average molecular weight is 398 g/mol. The fraction of sp³-hybridized carbons (Fsp3) is 0.435. The second kappa shape index (κ2) is 8.82. The van der Waals surface area contributed by atoms with Crippen LogP contribution in [0.25, 0.3) is 0 Å². The molecule has 0 radical (unpaired) electrons. The van der Waals surface area contributed by atoms with Gasteiger partial charge in [-0.2, -0.15) is 0 Å². The number of carbonyl (C=O) groups is 1. The van der Waals surface area contributed by atoms with E-state index in [1.54, 1.807) is 6.07 Å². The number of benzene rings is 2. The van der Waals surface area contributed by atoms with Crippen LogP contribution in [0, 0.1) is 5.82 Å². The lowest BCUT2D eigenvalue weighted by Crippen LogP contribution is -2.49. The van der Waals surface area contributed by atoms with E-state index in [9.17, 15) is 9.18 Å². The van der Waals surface area contributed by atoms with Crippen molar-refractivity contribution in [3.8, 4) is 11.5 Å². The Hall–Kier alpha value is -2.60. The molecule has 0 saturated carbocycles. The molecule has 1 fully saturated rings. The Morgan fingerprint density at radius 2 is 1.90 bits per heavy atom. The number of hydrogen-bond acceptors (Lipinski definition) is 4. The highest BCUT2D eigenvalue weighted by molar-refractivity contribution is 5.76. The molecule has 1 saturated heterocycles. The number of fused-ring (bicyclic) bond motifs is 1. The Bertz CT molecular complexity index is 873. The lowest BCUT2D eigenvalue weighted by molar-refractivity contribution is -0.134. The number of halogens is 1. The molecule has 0 spiro atoms. The second-order valence-corrected chi connectivity index (χ2v) is 7.69. The maximum atomic E-state index is 14.2. The minimum atomic E-state index is -0.211. The first-order valence-corrected chi connectivity index (χ1v) is 10.2. The third-order valence-corrected chi connectivity index (χ3v) is 5.73. The summed E-state index contributed by atoms with van der Waals surface area (Å²) in [6.07, 6.45) is 2.07. The molecule has 4 rings (SSSR count). The van der Waals surface area contributed by atoms with E-state index in [4.69, 9.17) is 9.47 Å². The fourth-order valence-corrected chi connectivity index (χ4v) is 4.03. The molecule has 29 heavy (non-hydrogen) atoms. The van der Waals surface area contributed by atoms with Gasteiger partial charge in [-0.05, 0) is 43.7 Å². The van der Waals surface area contributed by atoms with Crippen LogP contribution in [0.1, 0.15) is 30.0 Å². The maximum Gasteiger partial charge on any atom is 0.222 e. The van der Waals surface area contributed by atoms with E-state index in [2.05, 4.69) is 4.90 Å². The smallest absolute Gasteiger partial charge is 0.222 e. The lowest BCUT2D eigenvalue weighted by Gasteiger charge is -2.40. The normalized spacial score (nSPS) is 19.2. The van der Waals surface area contributed by atoms with Crippen LogP contribution in [0.15, 0.2) is 42.5 Å². The number of piperazine rings is 1. The summed E-state index contributed by atoms with van der Waals surface area (Å²) in [4.78, 5) is 16.8. The molecule has 2 aliphatic rings. The van der Waals surface area contributed by atoms with Gasteiger partial charge in [-0.3, -0.25) is 9.69 Å². The zero-order chi connectivity index (χ0) is 20.2. The van der Waals surface area contributed by atoms with Crippen molar-refractivity contribution in [1.29, 1.82) is 0 Å². The van der Waals surface area contributed by atoms with Gasteiger partial charge in [0.2, 0.25) is 5.91 Å². The van der Waals surface area contributed by atoms with Gasteiger partial charge < -0.3 is 14.4 Å². The minimum Gasteiger partial charge on any atom is -0.486 e. The Balaban J connectivity index is 1.32. The van der Waals surface area contributed by atoms with Crippen LogP contribution in [0.5, 0.6) is 11.5 Å². The van der Waals surface area contributed by atoms with Crippen LogP contribution in [0.2, 0.25) is 0 Å². The minimum absolute atomic E-state index is 0.105. The number of aryl methyl sites for hydroxylation is 1. The largest absolute Gasteiger partial charge is 0.486 e. The Morgan fingerprint density at radius 3 is 2.72 bits per heavy atom. The summed E-state index contributed by atoms with van der Waals surface area (Å²) < 4.78 is 25.4. The van der Waals surface area contributed by atoms with E-state index in [-0.39, 0.29) is 17.8 Å². The summed E-state index contributed by atoms with van der Waals surface area (Å²) in [7, 11) is 1.99. The molecule has 2 aromatic carbocycles. The molecule has 1 amide bonds. The molecule has 2 aliphatic heterocycles. The van der Waals surface area contributed by atoms with Gasteiger partial charge in [0.05, 0.1) is 6.04 Å². The third-order valence-electron chi connectivity index (χ3n) is 5.73. The van der Waals surface area contributed by atoms with E-state index in [1.807, 2.05) is 42.3 Å². The molecule has 5 nitrogen and oxygen atoms in total. The molecule has 154 valence electrons. The number of rotatable bonds is 5. The van der Waals surface area contributed by atoms with Crippen molar-refractivity contribution in [1.82, 2.24) is 9.80 Å². The number of ether oxygens (including phenoxy) is 2. The Labute approximate surface area is 171 Å². The average Bonchev–Trinajstić information content (AvgIpc) is 2.74. The molecule has 0 bridgehead atoms. The van der Waals surface area contributed by atoms with Gasteiger partial charge in [0.25, 0.3) is 0 Å². The lowest BCUT2D eigenvalue weighted by atomic mass is 10.0. The molecule has 1 unspecified atom stereocenters. The second-order valence-electron chi connectivity index (χ2n) is 7.69. The van der Waals surface area contributed by atoms with E-state index < -0.39 is 0 Å². The molecular weight excluding hydrogens is 371 g/mol. The molecule has 0 aliphatic carbocycles. The molecule has 0 aromatic heterocycles. The molecule has 0 N–H and O–H groups in total. The van der Waals surface area contributed by atoms with Crippen LogP contribution in [-0.2, 0) is 11.2 Å². The first-order chi connectivity index (χ1) is 14.1. The zero-order valence-electron chi connectivity index (χ0n) is 16.8. The number of nitrogens with zero attached hydrogens (tertiary/aromatic N) is 2. The van der Waals surface area contributed by atoms with Gasteiger partial charge in [-0.25, -0.2) is 4.39 Å². The highest BCUT2D eigenvalue weighted by Gasteiger charge is 2.29. The van der Waals surface area contributed by atoms with Gasteiger partial charge in [0.1, 0.15) is 19.0 Å². The standard InChI is InChI=1S/C23H27FN2O3/c1-25-11-12-26(16-20(25)18-6-2-3-7-19(18)24)23(27)8-4-5-17-9-10-21-22(15-17)29-14-13-28-21/h2-3,6-7,9-10,15,20H,4-5,8,11-14,16H2,1H3. The van der Waals surface area contributed by atoms with Crippen molar-refractivity contribution < 1.29 is 18.7 Å². The monoisotopic (exact) mass is 398 g/mol. The topological polar surface area (TPSA) is 42.0 Å². The summed E-state index contributed by atoms with van der Waals surface area (Å²) in [5.41, 5.74) is 1.80. The highest BCUT2D eigenvalue weighted by atomic mass is 19.1. The van der Waals surface area contributed by atoms with Crippen molar-refractivity contribution in [2.75, 3.05) is 39.9 Å². The van der Waals surface area contributed by atoms with E-state index in [0.29, 0.717) is 38.3 Å². The van der Waals surface area contributed by atoms with Crippen LogP contribution >= 0.6 is 0 Å². The van der Waals surface area contributed by atoms with E-state index in [0.717, 1.165) is 36.4 Å². The molecule has 2 heterocycles. The van der Waals surface area contributed by atoms with E-state index >= 15 is 0 Å². The van der Waals surface area contributed by atoms with Crippen molar-refractivity contribution in [2.24, 2.45) is 0 Å². The van der Waals surface area contributed by atoms with Crippen molar-refractivity contribution >= 4 is 5.91 Å². The van der Waals surface area contributed by atoms with Crippen molar-refractivity contribution in [3.05, 3.63) is 59.4 Å². The van der Waals surface area contributed by atoms with Gasteiger partial charge >= 0.3 is 0 Å². The first kappa shape index (κ1) is 19.7. The Morgan fingerprint density at radius 1 is 1.10 bits per heavy atom. The molecular formula is C23H27FN2O3. The number of carbonyl (C=O) groups excluding carboxylic acids is 1. The summed E-state index contributed by atoms with van der Waals surface area (Å²) in [6, 6.07) is 12.7. The van der Waals surface area contributed by atoms with Crippen LogP contribution in [0.4, 0.5) is 4.39 Å². The van der Waals surface area contributed by atoms with Crippen molar-refractivity contribution in [3.63, 3.8) is 0 Å². The predicted octanol–water partition coefficient (Wildman–Crippen LogP) is 3.43. The summed E-state index contributed by atoms with van der Waals surface area (Å²) >= 11 is 0. The van der Waals surface area contributed by atoms with E-state index in [1.165, 1.54) is 6.07 Å². The highest BCUT2D eigenvalue weighted by Crippen LogP contribution is 2.31. The number of likely N-dealkylation sites (N-methyl/N-ethyl adjacent to an activating group) is 1. The summed E-state index contributed by atoms with van der Waals surface area (Å²) in [5, 5.41) is 0.